The van der Waals surface area contributed by atoms with E-state index in [1.54, 1.807) is 6.07 Å². The average Bonchev–Trinajstić information content (AvgIpc) is 2.45. The predicted molar refractivity (Wildman–Crippen MR) is 76.4 cm³/mol. The molecule has 0 radical (unpaired) electrons. The number of fused-ring (bicyclic) bond motifs is 1. The number of aryl methyl sites for hydroxylation is 1. The Morgan fingerprint density at radius 3 is 2.75 bits per heavy atom. The van der Waals surface area contributed by atoms with Crippen LogP contribution in [0, 0.1) is 6.92 Å². The predicted octanol–water partition coefficient (Wildman–Crippen LogP) is 2.43. The molecule has 0 saturated carbocycles. The average molecular weight is 272 g/mol. The van der Waals surface area contributed by atoms with Crippen molar-refractivity contribution in [3.63, 3.8) is 0 Å². The van der Waals surface area contributed by atoms with Gasteiger partial charge in [0.1, 0.15) is 0 Å². The molecule has 20 heavy (non-hydrogen) atoms. The van der Waals surface area contributed by atoms with Gasteiger partial charge in [-0.05, 0) is 19.1 Å². The van der Waals surface area contributed by atoms with Gasteiger partial charge in [0.25, 0.3) is 0 Å². The lowest BCUT2D eigenvalue weighted by atomic mass is 10.1. The second-order valence-electron chi connectivity index (χ2n) is 4.45. The molecule has 0 aliphatic rings. The number of anilines is 1. The van der Waals surface area contributed by atoms with E-state index in [2.05, 4.69) is 15.0 Å². The number of nitrogens with zero attached hydrogens (tertiary/aromatic N) is 1. The van der Waals surface area contributed by atoms with Crippen LogP contribution in [0.5, 0.6) is 0 Å². The highest BCUT2D eigenvalue weighted by atomic mass is 16.5. The highest BCUT2D eigenvalue weighted by Crippen LogP contribution is 2.21. The van der Waals surface area contributed by atoms with Crippen LogP contribution in [0.3, 0.4) is 0 Å². The first-order chi connectivity index (χ1) is 9.60. The number of para-hydroxylation sites is 1. The topological polar surface area (TPSA) is 68.3 Å². The number of aromatic nitrogens is 1. The summed E-state index contributed by atoms with van der Waals surface area (Å²) < 4.78 is 4.51. The summed E-state index contributed by atoms with van der Waals surface area (Å²) in [5, 5.41) is 3.74. The van der Waals surface area contributed by atoms with E-state index in [0.717, 1.165) is 16.6 Å². The Morgan fingerprint density at radius 1 is 1.20 bits per heavy atom. The number of hydrogen-bond acceptors (Lipinski definition) is 4. The summed E-state index contributed by atoms with van der Waals surface area (Å²) in [7, 11) is 1.30. The van der Waals surface area contributed by atoms with Gasteiger partial charge in [0.05, 0.1) is 24.7 Å². The van der Waals surface area contributed by atoms with Crippen molar-refractivity contribution in [2.45, 2.75) is 19.8 Å². The van der Waals surface area contributed by atoms with Crippen LogP contribution >= 0.6 is 0 Å². The molecular weight excluding hydrogens is 256 g/mol. The van der Waals surface area contributed by atoms with Gasteiger partial charge in [-0.1, -0.05) is 18.2 Å². The molecule has 1 amide bonds. The van der Waals surface area contributed by atoms with Gasteiger partial charge in [-0.2, -0.15) is 0 Å². The van der Waals surface area contributed by atoms with Gasteiger partial charge in [-0.25, -0.2) is 0 Å². The van der Waals surface area contributed by atoms with Gasteiger partial charge in [-0.15, -0.1) is 0 Å². The van der Waals surface area contributed by atoms with E-state index in [9.17, 15) is 9.59 Å². The van der Waals surface area contributed by atoms with Crippen molar-refractivity contribution >= 4 is 28.5 Å². The second kappa shape index (κ2) is 6.14. The van der Waals surface area contributed by atoms with Crippen molar-refractivity contribution in [1.29, 1.82) is 0 Å². The third-order valence-corrected chi connectivity index (χ3v) is 2.92. The number of carbonyl (C=O) groups excluding carboxylic acids is 2. The zero-order valence-electron chi connectivity index (χ0n) is 11.5. The smallest absolute Gasteiger partial charge is 0.306 e. The molecule has 0 fully saturated rings. The fraction of sp³-hybridized carbons (Fsp3) is 0.267. The first-order valence-corrected chi connectivity index (χ1v) is 6.33. The molecular formula is C15H16N2O3. The van der Waals surface area contributed by atoms with Crippen molar-refractivity contribution in [2.24, 2.45) is 0 Å². The molecule has 0 saturated heterocycles. The summed E-state index contributed by atoms with van der Waals surface area (Å²) in [6.07, 6.45) is 0.161. The quantitative estimate of drug-likeness (QED) is 0.868. The third kappa shape index (κ3) is 3.32. The van der Waals surface area contributed by atoms with Crippen molar-refractivity contribution in [3.8, 4) is 0 Å². The molecule has 0 spiro atoms. The third-order valence-electron chi connectivity index (χ3n) is 2.92. The molecule has 5 heteroatoms. The molecule has 104 valence electrons. The van der Waals surface area contributed by atoms with Gasteiger partial charge in [0.2, 0.25) is 5.91 Å². The van der Waals surface area contributed by atoms with Gasteiger partial charge in [0.15, 0.2) is 0 Å². The molecule has 1 heterocycles. The van der Waals surface area contributed by atoms with Crippen molar-refractivity contribution in [2.75, 3.05) is 12.4 Å². The van der Waals surface area contributed by atoms with Gasteiger partial charge in [-0.3, -0.25) is 14.6 Å². The number of pyridine rings is 1. The number of amides is 1. The molecule has 1 N–H and O–H groups in total. The maximum absolute atomic E-state index is 11.8. The Bertz CT molecular complexity index is 653. The summed E-state index contributed by atoms with van der Waals surface area (Å²) in [6, 6.07) is 9.47. The van der Waals surface area contributed by atoms with E-state index < -0.39 is 5.97 Å². The lowest BCUT2D eigenvalue weighted by molar-refractivity contribution is -0.141. The number of hydrogen-bond donors (Lipinski definition) is 1. The minimum absolute atomic E-state index is 0.0690. The number of ether oxygens (including phenoxy) is 1. The number of benzene rings is 1. The largest absolute Gasteiger partial charge is 0.469 e. The highest BCUT2D eigenvalue weighted by Gasteiger charge is 2.09. The van der Waals surface area contributed by atoms with E-state index >= 15 is 0 Å². The molecule has 2 aromatic rings. The van der Waals surface area contributed by atoms with Crippen LogP contribution < -0.4 is 5.32 Å². The maximum Gasteiger partial charge on any atom is 0.306 e. The van der Waals surface area contributed by atoms with Crippen LogP contribution in [0.15, 0.2) is 30.3 Å². The SMILES string of the molecule is COC(=O)CCC(=O)Nc1cccc2ccc(C)nc12. The monoisotopic (exact) mass is 272 g/mol. The fourth-order valence-corrected chi connectivity index (χ4v) is 1.88. The summed E-state index contributed by atoms with van der Waals surface area (Å²) in [4.78, 5) is 27.3. The summed E-state index contributed by atoms with van der Waals surface area (Å²) in [5.74, 6) is -0.627. The van der Waals surface area contributed by atoms with Crippen LogP contribution in [0.4, 0.5) is 5.69 Å². The zero-order chi connectivity index (χ0) is 14.5. The maximum atomic E-state index is 11.8. The van der Waals surface area contributed by atoms with E-state index in [1.807, 2.05) is 31.2 Å². The Kier molecular flexibility index (Phi) is 4.30. The molecule has 5 nitrogen and oxygen atoms in total. The van der Waals surface area contributed by atoms with Gasteiger partial charge < -0.3 is 10.1 Å². The second-order valence-corrected chi connectivity index (χ2v) is 4.45. The van der Waals surface area contributed by atoms with Gasteiger partial charge in [0, 0.05) is 17.5 Å². The van der Waals surface area contributed by atoms with E-state index in [4.69, 9.17) is 0 Å². The minimum Gasteiger partial charge on any atom is -0.469 e. The molecule has 0 unspecified atom stereocenters. The van der Waals surface area contributed by atoms with Crippen LogP contribution in [0.25, 0.3) is 10.9 Å². The Labute approximate surface area is 117 Å². The van der Waals surface area contributed by atoms with Crippen molar-refractivity contribution < 1.29 is 14.3 Å². The number of carbonyl (C=O) groups is 2. The zero-order valence-corrected chi connectivity index (χ0v) is 11.5. The molecule has 0 aliphatic carbocycles. The van der Waals surface area contributed by atoms with Crippen LogP contribution in [0.1, 0.15) is 18.5 Å². The normalized spacial score (nSPS) is 10.3. The Hall–Kier alpha value is -2.43. The Morgan fingerprint density at radius 2 is 2.00 bits per heavy atom. The van der Waals surface area contributed by atoms with Gasteiger partial charge >= 0.3 is 5.97 Å². The van der Waals surface area contributed by atoms with Crippen LogP contribution in [-0.4, -0.2) is 24.0 Å². The summed E-state index contributed by atoms with van der Waals surface area (Å²) in [5.41, 5.74) is 2.29. The lowest BCUT2D eigenvalue weighted by Crippen LogP contribution is -2.14. The minimum atomic E-state index is -0.396. The molecule has 2 rings (SSSR count). The van der Waals surface area contributed by atoms with Crippen molar-refractivity contribution in [1.82, 2.24) is 4.98 Å². The lowest BCUT2D eigenvalue weighted by Gasteiger charge is -2.08. The van der Waals surface area contributed by atoms with E-state index in [1.165, 1.54) is 7.11 Å². The summed E-state index contributed by atoms with van der Waals surface area (Å²) in [6.45, 7) is 1.90. The molecule has 0 bridgehead atoms. The Balaban J connectivity index is 2.15. The highest BCUT2D eigenvalue weighted by molar-refractivity contribution is 6.00. The first kappa shape index (κ1) is 14.0. The van der Waals surface area contributed by atoms with Crippen LogP contribution in [-0.2, 0) is 14.3 Å². The molecule has 1 aromatic heterocycles. The van der Waals surface area contributed by atoms with Crippen LogP contribution in [0.2, 0.25) is 0 Å². The standard InChI is InChI=1S/C15H16N2O3/c1-10-6-7-11-4-3-5-12(15(11)16-10)17-13(18)8-9-14(19)20-2/h3-7H,8-9H2,1-2H3,(H,17,18). The number of methoxy groups -OCH3 is 1. The number of rotatable bonds is 4. The molecule has 0 aliphatic heterocycles. The summed E-state index contributed by atoms with van der Waals surface area (Å²) >= 11 is 0. The molecule has 0 atom stereocenters. The van der Waals surface area contributed by atoms with Crippen molar-refractivity contribution in [3.05, 3.63) is 36.0 Å². The number of nitrogens with one attached hydrogen (secondary N) is 1. The van der Waals surface area contributed by atoms with E-state index in [0.29, 0.717) is 5.69 Å². The first-order valence-electron chi connectivity index (χ1n) is 6.33. The molecule has 1 aromatic carbocycles. The number of esters is 1. The fourth-order valence-electron chi connectivity index (χ4n) is 1.88. The van der Waals surface area contributed by atoms with E-state index in [-0.39, 0.29) is 18.7 Å².